The molecule has 2 rings (SSSR count). The summed E-state index contributed by atoms with van der Waals surface area (Å²) in [6.07, 6.45) is 4.60. The number of ether oxygens (including phenoxy) is 1. The quantitative estimate of drug-likeness (QED) is 0.529. The maximum absolute atomic E-state index is 5.65. The van der Waals surface area contributed by atoms with Crippen molar-refractivity contribution >= 4 is 0 Å². The molecule has 3 atom stereocenters. The summed E-state index contributed by atoms with van der Waals surface area (Å²) < 4.78 is 5.65. The Morgan fingerprint density at radius 3 is 2.73 bits per heavy atom. The first kappa shape index (κ1) is 7.60. The van der Waals surface area contributed by atoms with Crippen LogP contribution in [0.25, 0.3) is 0 Å². The lowest BCUT2D eigenvalue weighted by atomic mass is 9.78. The molecule has 1 aliphatic carbocycles. The molecule has 0 N–H and O–H groups in total. The Labute approximate surface area is 69.1 Å². The van der Waals surface area contributed by atoms with Crippen molar-refractivity contribution in [3.63, 3.8) is 0 Å². The van der Waals surface area contributed by atoms with Gasteiger partial charge in [0.05, 0.1) is 11.7 Å². The van der Waals surface area contributed by atoms with Gasteiger partial charge in [-0.25, -0.2) is 0 Å². The summed E-state index contributed by atoms with van der Waals surface area (Å²) in [7, 11) is 0. The topological polar surface area (TPSA) is 12.5 Å². The summed E-state index contributed by atoms with van der Waals surface area (Å²) in [5, 5.41) is 0. The Hall–Kier alpha value is -0.0400. The van der Waals surface area contributed by atoms with Crippen LogP contribution in [0.2, 0.25) is 0 Å². The zero-order valence-electron chi connectivity index (χ0n) is 7.76. The van der Waals surface area contributed by atoms with Gasteiger partial charge in [-0.05, 0) is 38.0 Å². The first-order valence-corrected chi connectivity index (χ1v) is 4.79. The highest BCUT2D eigenvalue weighted by molar-refractivity contribution is 5.03. The smallest absolute Gasteiger partial charge is 0.0920 e. The first-order valence-electron chi connectivity index (χ1n) is 4.79. The Morgan fingerprint density at radius 2 is 2.18 bits per heavy atom. The molecule has 1 saturated heterocycles. The molecule has 0 aromatic heterocycles. The zero-order valence-corrected chi connectivity index (χ0v) is 7.76. The third kappa shape index (κ3) is 1.20. The van der Waals surface area contributed by atoms with E-state index in [2.05, 4.69) is 20.8 Å². The highest BCUT2D eigenvalue weighted by atomic mass is 16.6. The molecule has 64 valence electrons. The molecular formula is C10H18O. The summed E-state index contributed by atoms with van der Waals surface area (Å²) >= 11 is 0. The van der Waals surface area contributed by atoms with Gasteiger partial charge in [-0.2, -0.15) is 0 Å². The summed E-state index contributed by atoms with van der Waals surface area (Å²) in [5.74, 6) is 1.78. The van der Waals surface area contributed by atoms with Crippen molar-refractivity contribution in [2.45, 2.75) is 51.7 Å². The van der Waals surface area contributed by atoms with Crippen LogP contribution < -0.4 is 0 Å². The van der Waals surface area contributed by atoms with Crippen molar-refractivity contribution in [2.75, 3.05) is 0 Å². The molecule has 0 radical (unpaired) electrons. The normalized spacial score (nSPS) is 49.1. The molecule has 2 fully saturated rings. The van der Waals surface area contributed by atoms with Gasteiger partial charge in [0.25, 0.3) is 0 Å². The van der Waals surface area contributed by atoms with Crippen LogP contribution >= 0.6 is 0 Å². The second kappa shape index (κ2) is 2.22. The average Bonchev–Trinajstić information content (AvgIpc) is 2.58. The SMILES string of the molecule is CC(C)[C@H]1CC[C@]2(C)OC2C1. The van der Waals surface area contributed by atoms with Crippen molar-refractivity contribution in [1.29, 1.82) is 0 Å². The zero-order chi connectivity index (χ0) is 8.06. The number of fused-ring (bicyclic) bond motifs is 1. The van der Waals surface area contributed by atoms with Gasteiger partial charge in [0, 0.05) is 0 Å². The predicted molar refractivity (Wildman–Crippen MR) is 45.5 cm³/mol. The average molecular weight is 154 g/mol. The minimum atomic E-state index is 0.311. The van der Waals surface area contributed by atoms with E-state index in [4.69, 9.17) is 4.74 Å². The van der Waals surface area contributed by atoms with E-state index in [1.54, 1.807) is 0 Å². The van der Waals surface area contributed by atoms with Crippen molar-refractivity contribution in [1.82, 2.24) is 0 Å². The van der Waals surface area contributed by atoms with E-state index in [0.29, 0.717) is 11.7 Å². The molecular weight excluding hydrogens is 136 g/mol. The Kier molecular flexibility index (Phi) is 1.54. The Bertz CT molecular complexity index is 164. The minimum absolute atomic E-state index is 0.311. The van der Waals surface area contributed by atoms with Gasteiger partial charge in [0.2, 0.25) is 0 Å². The molecule has 2 aliphatic rings. The fraction of sp³-hybridized carbons (Fsp3) is 1.00. The van der Waals surface area contributed by atoms with Crippen LogP contribution in [0.1, 0.15) is 40.0 Å². The van der Waals surface area contributed by atoms with E-state index in [0.717, 1.165) is 11.8 Å². The van der Waals surface area contributed by atoms with E-state index in [9.17, 15) is 0 Å². The molecule has 0 amide bonds. The van der Waals surface area contributed by atoms with Crippen LogP contribution in [0.3, 0.4) is 0 Å². The molecule has 1 heterocycles. The van der Waals surface area contributed by atoms with Crippen LogP contribution in [0.4, 0.5) is 0 Å². The van der Waals surface area contributed by atoms with Crippen LogP contribution in [-0.2, 0) is 4.74 Å². The Morgan fingerprint density at radius 1 is 1.45 bits per heavy atom. The third-order valence-corrected chi connectivity index (χ3v) is 3.51. The van der Waals surface area contributed by atoms with E-state index in [1.807, 2.05) is 0 Å². The summed E-state index contributed by atoms with van der Waals surface area (Å²) in [6.45, 7) is 6.92. The molecule has 1 aliphatic heterocycles. The van der Waals surface area contributed by atoms with Crippen molar-refractivity contribution in [3.05, 3.63) is 0 Å². The van der Waals surface area contributed by atoms with E-state index in [-0.39, 0.29) is 0 Å². The molecule has 0 aromatic carbocycles. The second-order valence-electron chi connectivity index (χ2n) is 4.70. The minimum Gasteiger partial charge on any atom is -0.366 e. The van der Waals surface area contributed by atoms with Gasteiger partial charge in [-0.3, -0.25) is 0 Å². The number of rotatable bonds is 1. The standard InChI is InChI=1S/C10H18O/c1-7(2)8-4-5-10(3)9(6-8)11-10/h7-9H,4-6H2,1-3H3/t8-,9?,10-/m0/s1. The highest BCUT2D eigenvalue weighted by Gasteiger charge is 2.55. The summed E-state index contributed by atoms with van der Waals surface area (Å²) in [5.41, 5.74) is 0.311. The van der Waals surface area contributed by atoms with Gasteiger partial charge in [-0.1, -0.05) is 13.8 Å². The van der Waals surface area contributed by atoms with Crippen LogP contribution in [0.5, 0.6) is 0 Å². The second-order valence-corrected chi connectivity index (χ2v) is 4.70. The number of hydrogen-bond donors (Lipinski definition) is 0. The lowest BCUT2D eigenvalue weighted by molar-refractivity contribution is 0.275. The van der Waals surface area contributed by atoms with Gasteiger partial charge >= 0.3 is 0 Å². The van der Waals surface area contributed by atoms with E-state index < -0.39 is 0 Å². The number of hydrogen-bond acceptors (Lipinski definition) is 1. The fourth-order valence-electron chi connectivity index (χ4n) is 2.28. The monoisotopic (exact) mass is 154 g/mol. The van der Waals surface area contributed by atoms with Crippen molar-refractivity contribution in [3.8, 4) is 0 Å². The van der Waals surface area contributed by atoms with E-state index in [1.165, 1.54) is 19.3 Å². The molecule has 1 saturated carbocycles. The molecule has 0 aromatic rings. The van der Waals surface area contributed by atoms with Crippen LogP contribution in [0, 0.1) is 11.8 Å². The van der Waals surface area contributed by atoms with Crippen LogP contribution in [0.15, 0.2) is 0 Å². The summed E-state index contributed by atoms with van der Waals surface area (Å²) in [6, 6.07) is 0. The van der Waals surface area contributed by atoms with E-state index >= 15 is 0 Å². The maximum Gasteiger partial charge on any atom is 0.0920 e. The summed E-state index contributed by atoms with van der Waals surface area (Å²) in [4.78, 5) is 0. The lowest BCUT2D eigenvalue weighted by Gasteiger charge is -2.25. The molecule has 11 heavy (non-hydrogen) atoms. The number of epoxide rings is 1. The van der Waals surface area contributed by atoms with Gasteiger partial charge < -0.3 is 4.74 Å². The Balaban J connectivity index is 1.93. The first-order chi connectivity index (χ1) is 5.12. The maximum atomic E-state index is 5.65. The highest BCUT2D eigenvalue weighted by Crippen LogP contribution is 2.50. The molecule has 1 nitrogen and oxygen atoms in total. The predicted octanol–water partition coefficient (Wildman–Crippen LogP) is 2.60. The van der Waals surface area contributed by atoms with Crippen molar-refractivity contribution in [2.24, 2.45) is 11.8 Å². The van der Waals surface area contributed by atoms with Gasteiger partial charge in [0.15, 0.2) is 0 Å². The third-order valence-electron chi connectivity index (χ3n) is 3.51. The largest absolute Gasteiger partial charge is 0.366 e. The molecule has 0 spiro atoms. The van der Waals surface area contributed by atoms with Gasteiger partial charge in [-0.15, -0.1) is 0 Å². The molecule has 0 bridgehead atoms. The van der Waals surface area contributed by atoms with Crippen LogP contribution in [-0.4, -0.2) is 11.7 Å². The van der Waals surface area contributed by atoms with Gasteiger partial charge in [0.1, 0.15) is 0 Å². The fourth-order valence-corrected chi connectivity index (χ4v) is 2.28. The molecule has 1 heteroatoms. The lowest BCUT2D eigenvalue weighted by Crippen LogP contribution is -2.24. The van der Waals surface area contributed by atoms with Crippen molar-refractivity contribution < 1.29 is 4.74 Å². The molecule has 1 unspecified atom stereocenters.